The van der Waals surface area contributed by atoms with E-state index >= 15 is 0 Å². The Morgan fingerprint density at radius 3 is 2.56 bits per heavy atom. The summed E-state index contributed by atoms with van der Waals surface area (Å²) in [5.41, 5.74) is 0.146. The third-order valence-corrected chi connectivity index (χ3v) is 3.10. The molecule has 1 N–H and O–H groups in total. The minimum Gasteiger partial charge on any atom is -0.465 e. The molecule has 1 unspecified atom stereocenters. The molecule has 0 aliphatic carbocycles. The van der Waals surface area contributed by atoms with E-state index in [0.717, 1.165) is 5.56 Å². The van der Waals surface area contributed by atoms with Crippen molar-refractivity contribution in [2.75, 3.05) is 6.54 Å². The second-order valence-electron chi connectivity index (χ2n) is 4.22. The van der Waals surface area contributed by atoms with E-state index in [4.69, 9.17) is 5.11 Å². The molecule has 1 aliphatic heterocycles. The molecule has 1 fully saturated rings. The topological polar surface area (TPSA) is 57.6 Å². The summed E-state index contributed by atoms with van der Waals surface area (Å²) in [7, 11) is 0. The summed E-state index contributed by atoms with van der Waals surface area (Å²) >= 11 is 0. The molecular weight excluding hydrogens is 206 g/mol. The Bertz CT molecular complexity index is 429. The molecule has 1 aromatic rings. The summed E-state index contributed by atoms with van der Waals surface area (Å²) in [4.78, 5) is 23.8. The van der Waals surface area contributed by atoms with Crippen molar-refractivity contribution in [1.29, 1.82) is 0 Å². The van der Waals surface area contributed by atoms with Gasteiger partial charge < -0.3 is 5.11 Å². The Balaban J connectivity index is 2.43. The third-order valence-electron chi connectivity index (χ3n) is 3.10. The highest BCUT2D eigenvalue weighted by atomic mass is 16.4. The predicted octanol–water partition coefficient (Wildman–Crippen LogP) is 1.85. The van der Waals surface area contributed by atoms with Gasteiger partial charge in [0.25, 0.3) is 0 Å². The van der Waals surface area contributed by atoms with E-state index in [1.54, 1.807) is 6.92 Å². The Hall–Kier alpha value is -1.84. The van der Waals surface area contributed by atoms with Gasteiger partial charge in [0.05, 0.1) is 12.1 Å². The van der Waals surface area contributed by atoms with Crippen molar-refractivity contribution >= 4 is 11.9 Å². The van der Waals surface area contributed by atoms with E-state index in [9.17, 15) is 9.59 Å². The van der Waals surface area contributed by atoms with Crippen molar-refractivity contribution in [3.05, 3.63) is 35.9 Å². The van der Waals surface area contributed by atoms with E-state index in [2.05, 4.69) is 0 Å². The van der Waals surface area contributed by atoms with Crippen molar-refractivity contribution in [2.45, 2.75) is 18.9 Å². The second kappa shape index (κ2) is 3.63. The van der Waals surface area contributed by atoms with Crippen molar-refractivity contribution in [1.82, 2.24) is 4.90 Å². The molecule has 0 radical (unpaired) electrons. The number of rotatable bonds is 1. The largest absolute Gasteiger partial charge is 0.465 e. The van der Waals surface area contributed by atoms with Crippen molar-refractivity contribution in [2.24, 2.45) is 0 Å². The zero-order valence-corrected chi connectivity index (χ0v) is 9.01. The maximum Gasteiger partial charge on any atom is 0.408 e. The number of benzene rings is 1. The number of carboxylic acid groups (broad SMARTS) is 1. The van der Waals surface area contributed by atoms with E-state index in [1.165, 1.54) is 4.90 Å². The lowest BCUT2D eigenvalue weighted by molar-refractivity contribution is -0.117. The van der Waals surface area contributed by atoms with Crippen LogP contribution < -0.4 is 0 Å². The first-order chi connectivity index (χ1) is 7.54. The van der Waals surface area contributed by atoms with Gasteiger partial charge in [-0.3, -0.25) is 9.69 Å². The van der Waals surface area contributed by atoms with Gasteiger partial charge in [0.1, 0.15) is 0 Å². The smallest absolute Gasteiger partial charge is 0.408 e. The standard InChI is InChI=1S/C12H13NO3/c1-12(9-5-3-2-4-6-9)7-10(14)8-13(12)11(15)16/h2-6H,7-8H2,1H3,(H,15,16). The number of ketones is 1. The lowest BCUT2D eigenvalue weighted by Crippen LogP contribution is -2.42. The van der Waals surface area contributed by atoms with E-state index in [0.29, 0.717) is 0 Å². The first kappa shape index (κ1) is 10.7. The van der Waals surface area contributed by atoms with Gasteiger partial charge in [-0.05, 0) is 12.5 Å². The first-order valence-corrected chi connectivity index (χ1v) is 5.12. The molecule has 4 heteroatoms. The summed E-state index contributed by atoms with van der Waals surface area (Å²) in [5.74, 6) is -0.0336. The lowest BCUT2D eigenvalue weighted by atomic mass is 9.89. The van der Waals surface area contributed by atoms with E-state index < -0.39 is 11.6 Å². The van der Waals surface area contributed by atoms with Crippen LogP contribution >= 0.6 is 0 Å². The molecule has 1 aliphatic rings. The first-order valence-electron chi connectivity index (χ1n) is 5.12. The monoisotopic (exact) mass is 219 g/mol. The van der Waals surface area contributed by atoms with Crippen LogP contribution in [-0.4, -0.2) is 28.4 Å². The number of hydrogen-bond donors (Lipinski definition) is 1. The Kier molecular flexibility index (Phi) is 2.42. The van der Waals surface area contributed by atoms with Gasteiger partial charge in [0.2, 0.25) is 0 Å². The van der Waals surface area contributed by atoms with Gasteiger partial charge in [-0.1, -0.05) is 30.3 Å². The number of nitrogens with zero attached hydrogens (tertiary/aromatic N) is 1. The normalized spacial score (nSPS) is 24.8. The van der Waals surface area contributed by atoms with Gasteiger partial charge in [0.15, 0.2) is 5.78 Å². The van der Waals surface area contributed by atoms with Gasteiger partial charge >= 0.3 is 6.09 Å². The predicted molar refractivity (Wildman–Crippen MR) is 58.1 cm³/mol. The molecule has 0 aromatic heterocycles. The van der Waals surface area contributed by atoms with Crippen LogP contribution in [0.15, 0.2) is 30.3 Å². The molecule has 4 nitrogen and oxygen atoms in total. The Morgan fingerprint density at radius 1 is 1.38 bits per heavy atom. The van der Waals surface area contributed by atoms with Crippen LogP contribution in [0.25, 0.3) is 0 Å². The molecule has 1 atom stereocenters. The van der Waals surface area contributed by atoms with Gasteiger partial charge in [-0.15, -0.1) is 0 Å². The quantitative estimate of drug-likeness (QED) is 0.784. The number of carbonyl (C=O) groups excluding carboxylic acids is 1. The summed E-state index contributed by atoms with van der Waals surface area (Å²) in [6.07, 6.45) is -0.791. The average molecular weight is 219 g/mol. The van der Waals surface area contributed by atoms with Crippen molar-refractivity contribution < 1.29 is 14.7 Å². The Morgan fingerprint density at radius 2 is 2.00 bits per heavy atom. The highest BCUT2D eigenvalue weighted by Gasteiger charge is 2.45. The molecule has 16 heavy (non-hydrogen) atoms. The molecule has 1 heterocycles. The van der Waals surface area contributed by atoms with Gasteiger partial charge in [0, 0.05) is 6.42 Å². The van der Waals surface area contributed by atoms with Crippen LogP contribution in [0, 0.1) is 0 Å². The van der Waals surface area contributed by atoms with E-state index in [1.807, 2.05) is 30.3 Å². The number of Topliss-reactive ketones (excluding diaryl/α,β-unsaturated/α-hetero) is 1. The summed E-state index contributed by atoms with van der Waals surface area (Å²) in [6.45, 7) is 1.78. The molecule has 2 rings (SSSR count). The van der Waals surface area contributed by atoms with Crippen LogP contribution in [0.3, 0.4) is 0 Å². The maximum atomic E-state index is 11.4. The fraction of sp³-hybridized carbons (Fsp3) is 0.333. The summed E-state index contributed by atoms with van der Waals surface area (Å²) in [5, 5.41) is 9.10. The van der Waals surface area contributed by atoms with Crippen LogP contribution in [0.5, 0.6) is 0 Å². The number of hydrogen-bond acceptors (Lipinski definition) is 2. The molecule has 1 aromatic carbocycles. The molecule has 0 bridgehead atoms. The van der Waals surface area contributed by atoms with Crippen LogP contribution in [0.2, 0.25) is 0 Å². The van der Waals surface area contributed by atoms with Crippen LogP contribution in [-0.2, 0) is 10.3 Å². The SMILES string of the molecule is CC1(c2ccccc2)CC(=O)CN1C(=O)O. The van der Waals surface area contributed by atoms with E-state index in [-0.39, 0.29) is 18.7 Å². The number of carbonyl (C=O) groups is 2. The minimum atomic E-state index is -1.04. The van der Waals surface area contributed by atoms with Gasteiger partial charge in [-0.25, -0.2) is 4.79 Å². The third kappa shape index (κ3) is 1.56. The summed E-state index contributed by atoms with van der Waals surface area (Å²) in [6, 6.07) is 9.28. The maximum absolute atomic E-state index is 11.4. The minimum absolute atomic E-state index is 0.0132. The second-order valence-corrected chi connectivity index (χ2v) is 4.22. The lowest BCUT2D eigenvalue weighted by Gasteiger charge is -2.32. The zero-order chi connectivity index (χ0) is 11.8. The van der Waals surface area contributed by atoms with Crippen molar-refractivity contribution in [3.63, 3.8) is 0 Å². The molecule has 1 amide bonds. The number of amides is 1. The molecule has 84 valence electrons. The number of likely N-dealkylation sites (tertiary alicyclic amines) is 1. The highest BCUT2D eigenvalue weighted by molar-refractivity contribution is 5.89. The zero-order valence-electron chi connectivity index (χ0n) is 9.01. The molecule has 0 saturated carbocycles. The fourth-order valence-electron chi connectivity index (χ4n) is 2.22. The van der Waals surface area contributed by atoms with Crippen molar-refractivity contribution in [3.8, 4) is 0 Å². The summed E-state index contributed by atoms with van der Waals surface area (Å²) < 4.78 is 0. The highest BCUT2D eigenvalue weighted by Crippen LogP contribution is 2.36. The molecular formula is C12H13NO3. The van der Waals surface area contributed by atoms with Crippen LogP contribution in [0.1, 0.15) is 18.9 Å². The molecule has 1 saturated heterocycles. The molecule has 0 spiro atoms. The average Bonchev–Trinajstić information content (AvgIpc) is 2.57. The van der Waals surface area contributed by atoms with Crippen LogP contribution in [0.4, 0.5) is 4.79 Å². The van der Waals surface area contributed by atoms with Gasteiger partial charge in [-0.2, -0.15) is 0 Å². The Labute approximate surface area is 93.5 Å². The fourth-order valence-corrected chi connectivity index (χ4v) is 2.22.